The van der Waals surface area contributed by atoms with Gasteiger partial charge in [0.05, 0.1) is 5.41 Å². The van der Waals surface area contributed by atoms with Gasteiger partial charge in [-0.25, -0.2) is 0 Å². The Kier molecular flexibility index (Phi) is 1.97. The molecule has 0 aromatic heterocycles. The minimum Gasteiger partial charge on any atom is -0.0645 e. The predicted molar refractivity (Wildman–Crippen MR) is 86.1 cm³/mol. The van der Waals surface area contributed by atoms with Gasteiger partial charge in [-0.05, 0) is 45.5 Å². The first kappa shape index (κ1) is 11.1. The van der Waals surface area contributed by atoms with Crippen molar-refractivity contribution in [3.8, 4) is 11.1 Å². The molecule has 0 saturated carbocycles. The predicted octanol–water partition coefficient (Wildman–Crippen LogP) is 4.83. The third-order valence-electron chi connectivity index (χ3n) is 4.83. The molecule has 0 saturated heterocycles. The van der Waals surface area contributed by atoms with Crippen LogP contribution in [-0.4, -0.2) is 0 Å². The summed E-state index contributed by atoms with van der Waals surface area (Å²) in [5.41, 5.74) is 8.02. The molecule has 1 atom stereocenters. The Balaban J connectivity index is 1.97. The van der Waals surface area contributed by atoms with Gasteiger partial charge in [0.2, 0.25) is 0 Å². The van der Waals surface area contributed by atoms with Crippen molar-refractivity contribution < 1.29 is 0 Å². The van der Waals surface area contributed by atoms with E-state index in [1.165, 1.54) is 33.4 Å². The molecule has 0 amide bonds. The maximum Gasteiger partial charge on any atom is 0.0653 e. The van der Waals surface area contributed by atoms with Gasteiger partial charge in [0.25, 0.3) is 0 Å². The molecule has 1 spiro atoms. The summed E-state index contributed by atoms with van der Waals surface area (Å²) in [6, 6.07) is 27.1. The summed E-state index contributed by atoms with van der Waals surface area (Å²) < 4.78 is 0. The first-order valence-electron chi connectivity index (χ1n) is 7.30. The van der Waals surface area contributed by atoms with Crippen molar-refractivity contribution in [2.75, 3.05) is 0 Å². The number of hydrogen-bond donors (Lipinski definition) is 0. The Bertz CT molecular complexity index is 854. The monoisotopic (exact) mass is 265 g/mol. The van der Waals surface area contributed by atoms with Crippen molar-refractivity contribution in [2.45, 2.75) is 5.41 Å². The Hall–Kier alpha value is -2.60. The molecule has 0 aliphatic heterocycles. The smallest absolute Gasteiger partial charge is 0.0645 e. The van der Waals surface area contributed by atoms with Crippen molar-refractivity contribution >= 4 is 6.08 Å². The zero-order chi connectivity index (χ0) is 13.9. The number of allylic oxidation sites excluding steroid dienone is 1. The van der Waals surface area contributed by atoms with Crippen LogP contribution in [0, 0.1) is 6.07 Å². The van der Waals surface area contributed by atoms with E-state index in [-0.39, 0.29) is 5.41 Å². The Morgan fingerprint density at radius 3 is 2.43 bits per heavy atom. The van der Waals surface area contributed by atoms with Gasteiger partial charge in [-0.15, -0.1) is 0 Å². The van der Waals surface area contributed by atoms with E-state index in [1.807, 2.05) is 6.07 Å². The molecule has 2 aliphatic rings. The average Bonchev–Trinajstić information content (AvgIpc) is 3.08. The van der Waals surface area contributed by atoms with Gasteiger partial charge in [0.15, 0.2) is 0 Å². The van der Waals surface area contributed by atoms with Gasteiger partial charge in [0.1, 0.15) is 0 Å². The first-order valence-corrected chi connectivity index (χ1v) is 7.30. The van der Waals surface area contributed by atoms with Gasteiger partial charge < -0.3 is 0 Å². The van der Waals surface area contributed by atoms with Crippen molar-refractivity contribution in [1.82, 2.24) is 0 Å². The van der Waals surface area contributed by atoms with Crippen molar-refractivity contribution in [1.29, 1.82) is 0 Å². The highest BCUT2D eigenvalue weighted by molar-refractivity contribution is 5.88. The third kappa shape index (κ3) is 1.21. The largest absolute Gasteiger partial charge is 0.0653 e. The normalized spacial score (nSPS) is 15.8. The van der Waals surface area contributed by atoms with Gasteiger partial charge >= 0.3 is 0 Å². The van der Waals surface area contributed by atoms with Crippen LogP contribution in [0.5, 0.6) is 0 Å². The molecule has 0 heterocycles. The van der Waals surface area contributed by atoms with Crippen LogP contribution in [-0.2, 0) is 5.41 Å². The lowest BCUT2D eigenvalue weighted by Crippen LogP contribution is -2.22. The van der Waals surface area contributed by atoms with Crippen LogP contribution >= 0.6 is 0 Å². The highest BCUT2D eigenvalue weighted by atomic mass is 14.5. The molecule has 21 heavy (non-hydrogen) atoms. The molecule has 0 bridgehead atoms. The summed E-state index contributed by atoms with van der Waals surface area (Å²) >= 11 is 0. The molecule has 5 rings (SSSR count). The zero-order valence-corrected chi connectivity index (χ0v) is 11.5. The minimum atomic E-state index is -0.125. The summed E-state index contributed by atoms with van der Waals surface area (Å²) in [6.07, 6.45) is 4.62. The number of hydrogen-bond acceptors (Lipinski definition) is 0. The standard InChI is InChI=1S/C21H13/c1-4-10-18-15(7-1)13-14-21(18)19-11-5-2-8-16(19)17-9-3-6-12-20(17)21/h1-5,7-14H. The van der Waals surface area contributed by atoms with E-state index in [4.69, 9.17) is 0 Å². The molecule has 0 N–H and O–H groups in total. The molecule has 0 heteroatoms. The van der Waals surface area contributed by atoms with Crippen LogP contribution in [0.2, 0.25) is 0 Å². The summed E-state index contributed by atoms with van der Waals surface area (Å²) in [6.45, 7) is 0. The lowest BCUT2D eigenvalue weighted by Gasteiger charge is -2.27. The molecule has 1 radical (unpaired) electrons. The van der Waals surface area contributed by atoms with Gasteiger partial charge in [-0.3, -0.25) is 0 Å². The minimum absolute atomic E-state index is 0.125. The molecule has 3 aromatic rings. The third-order valence-corrected chi connectivity index (χ3v) is 4.83. The van der Waals surface area contributed by atoms with Crippen LogP contribution < -0.4 is 0 Å². The van der Waals surface area contributed by atoms with Gasteiger partial charge in [0, 0.05) is 0 Å². The van der Waals surface area contributed by atoms with Crippen molar-refractivity contribution in [2.24, 2.45) is 0 Å². The Morgan fingerprint density at radius 2 is 1.48 bits per heavy atom. The van der Waals surface area contributed by atoms with Crippen LogP contribution in [0.15, 0.2) is 72.8 Å². The van der Waals surface area contributed by atoms with Gasteiger partial charge in [-0.2, -0.15) is 0 Å². The fourth-order valence-corrected chi connectivity index (χ4v) is 3.97. The Morgan fingerprint density at radius 1 is 0.714 bits per heavy atom. The van der Waals surface area contributed by atoms with Crippen molar-refractivity contribution in [3.63, 3.8) is 0 Å². The van der Waals surface area contributed by atoms with Gasteiger partial charge in [-0.1, -0.05) is 72.8 Å². The molecule has 97 valence electrons. The van der Waals surface area contributed by atoms with Crippen LogP contribution in [0.1, 0.15) is 22.3 Å². The summed E-state index contributed by atoms with van der Waals surface area (Å²) in [5.74, 6) is 0. The first-order chi connectivity index (χ1) is 10.4. The van der Waals surface area contributed by atoms with Crippen LogP contribution in [0.25, 0.3) is 17.2 Å². The Labute approximate surface area is 124 Å². The second-order valence-electron chi connectivity index (χ2n) is 5.75. The van der Waals surface area contributed by atoms with Crippen molar-refractivity contribution in [3.05, 3.63) is 101 Å². The molecule has 1 unspecified atom stereocenters. The summed E-state index contributed by atoms with van der Waals surface area (Å²) in [4.78, 5) is 0. The molecule has 0 nitrogen and oxygen atoms in total. The number of fused-ring (bicyclic) bond motifs is 7. The average molecular weight is 265 g/mol. The second-order valence-corrected chi connectivity index (χ2v) is 5.75. The quantitative estimate of drug-likeness (QED) is 0.546. The zero-order valence-electron chi connectivity index (χ0n) is 11.5. The van der Waals surface area contributed by atoms with E-state index in [1.54, 1.807) is 0 Å². The molecular formula is C21H13. The van der Waals surface area contributed by atoms with E-state index >= 15 is 0 Å². The summed E-state index contributed by atoms with van der Waals surface area (Å²) in [7, 11) is 0. The number of rotatable bonds is 0. The van der Waals surface area contributed by atoms with E-state index in [2.05, 4.69) is 78.9 Å². The van der Waals surface area contributed by atoms with E-state index < -0.39 is 0 Å². The lowest BCUT2D eigenvalue weighted by atomic mass is 9.74. The highest BCUT2D eigenvalue weighted by Gasteiger charge is 2.45. The highest BCUT2D eigenvalue weighted by Crippen LogP contribution is 2.56. The topological polar surface area (TPSA) is 0 Å². The number of benzene rings is 3. The second kappa shape index (κ2) is 3.73. The molecule has 0 fully saturated rings. The lowest BCUT2D eigenvalue weighted by molar-refractivity contribution is 0.821. The summed E-state index contributed by atoms with van der Waals surface area (Å²) in [5, 5.41) is 0. The maximum absolute atomic E-state index is 3.28. The van der Waals surface area contributed by atoms with Crippen LogP contribution in [0.3, 0.4) is 0 Å². The fourth-order valence-electron chi connectivity index (χ4n) is 3.97. The maximum atomic E-state index is 3.28. The SMILES string of the molecule is [c]1ccc2c(c1)C1(C=Cc3ccccc31)c1ccccc1-2. The molecule has 3 aromatic carbocycles. The molecule has 2 aliphatic carbocycles. The molecular weight excluding hydrogens is 252 g/mol. The van der Waals surface area contributed by atoms with E-state index in [0.29, 0.717) is 0 Å². The van der Waals surface area contributed by atoms with E-state index in [0.717, 1.165) is 0 Å². The fraction of sp³-hybridized carbons (Fsp3) is 0.0476. The van der Waals surface area contributed by atoms with E-state index in [9.17, 15) is 0 Å². The van der Waals surface area contributed by atoms with Crippen LogP contribution in [0.4, 0.5) is 0 Å².